The third-order valence-corrected chi connectivity index (χ3v) is 6.76. The number of sulfonamides is 1. The molecule has 0 aliphatic heterocycles. The van der Waals surface area contributed by atoms with Crippen LogP contribution in [0.2, 0.25) is 0 Å². The zero-order valence-corrected chi connectivity index (χ0v) is 20.4. The lowest BCUT2D eigenvalue weighted by molar-refractivity contribution is -0.116. The highest BCUT2D eigenvalue weighted by atomic mass is 32.2. The number of aryl methyl sites for hydroxylation is 1. The van der Waals surface area contributed by atoms with Gasteiger partial charge in [0.25, 0.3) is 0 Å². The van der Waals surface area contributed by atoms with E-state index >= 15 is 0 Å². The van der Waals surface area contributed by atoms with E-state index in [2.05, 4.69) is 10.0 Å². The molecule has 0 spiro atoms. The summed E-state index contributed by atoms with van der Waals surface area (Å²) < 4.78 is 29.1. The second-order valence-electron chi connectivity index (χ2n) is 9.09. The number of benzene rings is 3. The first kappa shape index (κ1) is 25.1. The molecule has 0 saturated heterocycles. The summed E-state index contributed by atoms with van der Waals surface area (Å²) in [6, 6.07) is 21.3. The van der Waals surface area contributed by atoms with Gasteiger partial charge in [0.1, 0.15) is 5.84 Å². The van der Waals surface area contributed by atoms with Crippen LogP contribution >= 0.6 is 0 Å². The number of amidine groups is 1. The summed E-state index contributed by atoms with van der Waals surface area (Å²) in [7, 11) is -3.86. The first-order chi connectivity index (χ1) is 15.9. The highest BCUT2D eigenvalue weighted by Gasteiger charge is 2.25. The molecule has 0 unspecified atom stereocenters. The number of hydrogen-bond donors (Lipinski definition) is 4. The Labute approximate surface area is 201 Å². The zero-order valence-electron chi connectivity index (χ0n) is 19.6. The van der Waals surface area contributed by atoms with Gasteiger partial charge in [-0.3, -0.25) is 10.2 Å². The van der Waals surface area contributed by atoms with Gasteiger partial charge in [-0.15, -0.1) is 0 Å². The Morgan fingerprint density at radius 1 is 0.971 bits per heavy atom. The molecule has 0 saturated carbocycles. The van der Waals surface area contributed by atoms with E-state index in [0.29, 0.717) is 23.2 Å². The van der Waals surface area contributed by atoms with E-state index in [1.807, 2.05) is 36.4 Å². The molecule has 3 aromatic rings. The second-order valence-corrected chi connectivity index (χ2v) is 10.7. The fraction of sp³-hybridized carbons (Fsp3) is 0.231. The fourth-order valence-corrected chi connectivity index (χ4v) is 5.19. The van der Waals surface area contributed by atoms with Gasteiger partial charge < -0.3 is 11.1 Å². The SMILES string of the molecule is CC(C)(C)NS(=O)(=O)c1cc(NC(=O)CCc2cccc(C(=N)N)c2)ccc1-c1ccccc1. The normalized spacial score (nSPS) is 11.7. The summed E-state index contributed by atoms with van der Waals surface area (Å²) in [6.45, 7) is 5.33. The summed E-state index contributed by atoms with van der Waals surface area (Å²) in [5, 5.41) is 10.4. The topological polar surface area (TPSA) is 125 Å². The first-order valence-electron chi connectivity index (χ1n) is 10.9. The molecular weight excluding hydrogens is 448 g/mol. The largest absolute Gasteiger partial charge is 0.384 e. The third kappa shape index (κ3) is 6.76. The van der Waals surface area contributed by atoms with Crippen molar-refractivity contribution in [3.8, 4) is 11.1 Å². The van der Waals surface area contributed by atoms with Gasteiger partial charge >= 0.3 is 0 Å². The van der Waals surface area contributed by atoms with E-state index in [1.165, 1.54) is 6.07 Å². The molecule has 0 atom stereocenters. The Morgan fingerprint density at radius 2 is 1.68 bits per heavy atom. The number of hydrogen-bond acceptors (Lipinski definition) is 4. The van der Waals surface area contributed by atoms with E-state index in [-0.39, 0.29) is 23.1 Å². The van der Waals surface area contributed by atoms with Crippen LogP contribution in [0, 0.1) is 5.41 Å². The van der Waals surface area contributed by atoms with Crippen molar-refractivity contribution in [2.75, 3.05) is 5.32 Å². The minimum Gasteiger partial charge on any atom is -0.384 e. The minimum absolute atomic E-state index is 0.0255. The number of nitrogens with two attached hydrogens (primary N) is 1. The van der Waals surface area contributed by atoms with Crippen LogP contribution in [0.5, 0.6) is 0 Å². The molecule has 3 aromatic carbocycles. The summed E-state index contributed by atoms with van der Waals surface area (Å²) in [5.74, 6) is -0.268. The van der Waals surface area contributed by atoms with Crippen LogP contribution < -0.4 is 15.8 Å². The molecule has 3 rings (SSSR count). The molecule has 0 aromatic heterocycles. The average Bonchev–Trinajstić information content (AvgIpc) is 2.77. The van der Waals surface area contributed by atoms with Gasteiger partial charge in [-0.1, -0.05) is 54.6 Å². The van der Waals surface area contributed by atoms with Crippen LogP contribution in [0.4, 0.5) is 5.69 Å². The molecule has 34 heavy (non-hydrogen) atoms. The van der Waals surface area contributed by atoms with Crippen LogP contribution in [0.3, 0.4) is 0 Å². The van der Waals surface area contributed by atoms with Crippen LogP contribution in [-0.2, 0) is 21.2 Å². The van der Waals surface area contributed by atoms with E-state index in [4.69, 9.17) is 11.1 Å². The minimum atomic E-state index is -3.86. The average molecular weight is 479 g/mol. The van der Waals surface area contributed by atoms with E-state index < -0.39 is 15.6 Å². The van der Waals surface area contributed by atoms with E-state index in [9.17, 15) is 13.2 Å². The number of nitrogens with one attached hydrogen (secondary N) is 3. The number of anilines is 1. The van der Waals surface area contributed by atoms with Crippen molar-refractivity contribution in [3.63, 3.8) is 0 Å². The monoisotopic (exact) mass is 478 g/mol. The number of rotatable bonds is 8. The lowest BCUT2D eigenvalue weighted by atomic mass is 10.0. The van der Waals surface area contributed by atoms with Gasteiger partial charge in [0.15, 0.2) is 0 Å². The number of carbonyl (C=O) groups excluding carboxylic acids is 1. The molecule has 0 aliphatic rings. The maximum absolute atomic E-state index is 13.2. The zero-order chi connectivity index (χ0) is 24.9. The first-order valence-corrected chi connectivity index (χ1v) is 12.4. The summed E-state index contributed by atoms with van der Waals surface area (Å²) >= 11 is 0. The van der Waals surface area contributed by atoms with Crippen molar-refractivity contribution in [2.24, 2.45) is 5.73 Å². The molecule has 0 bridgehead atoms. The Hall–Kier alpha value is -3.49. The smallest absolute Gasteiger partial charge is 0.241 e. The Kier molecular flexibility index (Phi) is 7.54. The van der Waals surface area contributed by atoms with Gasteiger partial charge in [0.05, 0.1) is 4.90 Å². The van der Waals surface area contributed by atoms with E-state index in [1.54, 1.807) is 51.1 Å². The molecular formula is C26H30N4O3S. The fourth-order valence-electron chi connectivity index (χ4n) is 3.51. The Balaban J connectivity index is 1.84. The third-order valence-electron chi connectivity index (χ3n) is 4.96. The maximum Gasteiger partial charge on any atom is 0.241 e. The molecule has 0 heterocycles. The van der Waals surface area contributed by atoms with E-state index in [0.717, 1.165) is 11.1 Å². The molecule has 178 valence electrons. The standard InChI is InChI=1S/C26H30N4O3S/c1-26(2,3)30-34(32,33)23-17-21(13-14-22(23)19-9-5-4-6-10-19)29-24(31)15-12-18-8-7-11-20(16-18)25(27)28/h4-11,13-14,16-17,30H,12,15H2,1-3H3,(H3,27,28)(H,29,31). The Bertz CT molecular complexity index is 1300. The predicted octanol–water partition coefficient (Wildman–Crippen LogP) is 4.29. The van der Waals surface area contributed by atoms with Gasteiger partial charge in [0, 0.05) is 28.8 Å². The number of amides is 1. The van der Waals surface area contributed by atoms with Crippen molar-refractivity contribution in [1.29, 1.82) is 5.41 Å². The predicted molar refractivity (Wildman–Crippen MR) is 136 cm³/mol. The quantitative estimate of drug-likeness (QED) is 0.285. The van der Waals surface area contributed by atoms with Crippen molar-refractivity contribution in [2.45, 2.75) is 44.0 Å². The maximum atomic E-state index is 13.2. The molecule has 7 nitrogen and oxygen atoms in total. The highest BCUT2D eigenvalue weighted by Crippen LogP contribution is 2.30. The van der Waals surface area contributed by atoms with Crippen molar-refractivity contribution in [1.82, 2.24) is 4.72 Å². The van der Waals surface area contributed by atoms with Gasteiger partial charge in [-0.05, 0) is 56.5 Å². The second kappa shape index (κ2) is 10.2. The summed E-state index contributed by atoms with van der Waals surface area (Å²) in [4.78, 5) is 12.7. The summed E-state index contributed by atoms with van der Waals surface area (Å²) in [6.07, 6.45) is 0.663. The molecule has 0 fully saturated rings. The molecule has 0 aliphatic carbocycles. The molecule has 5 N–H and O–H groups in total. The van der Waals surface area contributed by atoms with Gasteiger partial charge in [-0.2, -0.15) is 0 Å². The summed E-state index contributed by atoms with van der Waals surface area (Å²) in [5.41, 5.74) is 8.08. The van der Waals surface area contributed by atoms with Gasteiger partial charge in [-0.25, -0.2) is 13.1 Å². The van der Waals surface area contributed by atoms with Crippen LogP contribution in [0.1, 0.15) is 38.3 Å². The lowest BCUT2D eigenvalue weighted by Crippen LogP contribution is -2.40. The van der Waals surface area contributed by atoms with Crippen LogP contribution in [-0.4, -0.2) is 25.7 Å². The number of nitrogen functional groups attached to an aromatic ring is 1. The van der Waals surface area contributed by atoms with Crippen LogP contribution in [0.25, 0.3) is 11.1 Å². The van der Waals surface area contributed by atoms with Crippen molar-refractivity contribution < 1.29 is 13.2 Å². The molecule has 1 amide bonds. The number of carbonyl (C=O) groups is 1. The molecule has 0 radical (unpaired) electrons. The Morgan fingerprint density at radius 3 is 2.32 bits per heavy atom. The highest BCUT2D eigenvalue weighted by molar-refractivity contribution is 7.89. The van der Waals surface area contributed by atoms with Crippen LogP contribution in [0.15, 0.2) is 77.7 Å². The van der Waals surface area contributed by atoms with Gasteiger partial charge in [0.2, 0.25) is 15.9 Å². The molecule has 8 heteroatoms. The van der Waals surface area contributed by atoms with Crippen molar-refractivity contribution >= 4 is 27.5 Å². The van der Waals surface area contributed by atoms with Crippen molar-refractivity contribution in [3.05, 3.63) is 83.9 Å². The lowest BCUT2D eigenvalue weighted by Gasteiger charge is -2.22.